The molecule has 2 atom stereocenters. The number of nitro benzene ring substituents is 1. The van der Waals surface area contributed by atoms with E-state index in [4.69, 9.17) is 0 Å². The van der Waals surface area contributed by atoms with E-state index >= 15 is 0 Å². The molecule has 1 aliphatic rings. The van der Waals surface area contributed by atoms with Crippen molar-refractivity contribution in [2.45, 2.75) is 12.0 Å². The number of rotatable bonds is 3. The monoisotopic (exact) mass is 336 g/mol. The third kappa shape index (κ3) is 2.93. The van der Waals surface area contributed by atoms with E-state index in [1.165, 1.54) is 24.3 Å². The average molecular weight is 336 g/mol. The van der Waals surface area contributed by atoms with Crippen molar-refractivity contribution < 1.29 is 19.1 Å². The maximum Gasteiger partial charge on any atom is 0.296 e. The maximum absolute atomic E-state index is 12.4. The smallest absolute Gasteiger partial charge is 0.296 e. The zero-order chi connectivity index (χ0) is 18.0. The summed E-state index contributed by atoms with van der Waals surface area (Å²) in [6.07, 6.45) is 3.32. The number of piperidine rings is 1. The molecule has 0 aliphatic carbocycles. The van der Waals surface area contributed by atoms with Crippen LogP contribution in [-0.2, 0) is 9.59 Å². The highest BCUT2D eigenvalue weighted by atomic mass is 16.6. The number of non-ortho nitro benzene ring substituents is 1. The lowest BCUT2D eigenvalue weighted by Gasteiger charge is -2.28. The molecule has 0 radical (unpaired) electrons. The van der Waals surface area contributed by atoms with Crippen molar-refractivity contribution in [2.24, 2.45) is 0 Å². The molecule has 0 spiro atoms. The lowest BCUT2D eigenvalue weighted by Crippen LogP contribution is -2.57. The maximum atomic E-state index is 12.4. The molecular formula is C17H12N4O4. The highest BCUT2D eigenvalue weighted by Crippen LogP contribution is 2.35. The predicted molar refractivity (Wildman–Crippen MR) is 86.5 cm³/mol. The van der Waals surface area contributed by atoms with Crippen molar-refractivity contribution in [2.75, 3.05) is 0 Å². The van der Waals surface area contributed by atoms with Gasteiger partial charge in [-0.15, -0.1) is 0 Å². The number of carbonyl (C=O) groups excluding carboxylic acids is 2. The first-order valence-electron chi connectivity index (χ1n) is 7.35. The minimum absolute atomic E-state index is 0.113. The molecule has 1 saturated heterocycles. The van der Waals surface area contributed by atoms with Crippen LogP contribution >= 0.6 is 0 Å². The molecule has 1 N–H and O–H groups in total. The van der Waals surface area contributed by atoms with Crippen LogP contribution in [0.5, 0.6) is 0 Å². The number of hydrogen-bond donors (Lipinski definition) is 1. The molecule has 0 saturated carbocycles. The highest BCUT2D eigenvalue weighted by Gasteiger charge is 2.46. The van der Waals surface area contributed by atoms with E-state index in [0.717, 1.165) is 0 Å². The van der Waals surface area contributed by atoms with Crippen molar-refractivity contribution in [1.82, 2.24) is 5.32 Å². The van der Waals surface area contributed by atoms with Gasteiger partial charge in [-0.1, -0.05) is 18.2 Å². The minimum Gasteiger partial charge on any atom is -0.763 e. The lowest BCUT2D eigenvalue weighted by molar-refractivity contribution is -0.711. The summed E-state index contributed by atoms with van der Waals surface area (Å²) in [6.45, 7) is 0. The normalized spacial score (nSPS) is 19.9. The number of carbonyl (C=O) groups is 2. The number of benzene rings is 1. The fourth-order valence-electron chi connectivity index (χ4n) is 2.88. The van der Waals surface area contributed by atoms with Gasteiger partial charge in [0.1, 0.15) is 0 Å². The van der Waals surface area contributed by atoms with Crippen LogP contribution in [-0.4, -0.2) is 22.6 Å². The minimum atomic E-state index is -0.852. The second-order valence-electron chi connectivity index (χ2n) is 5.44. The molecule has 2 aromatic rings. The third-order valence-corrected chi connectivity index (χ3v) is 4.02. The number of imide groups is 1. The summed E-state index contributed by atoms with van der Waals surface area (Å²) in [5.41, 5.74) is 0.249. The molecular weight excluding hydrogens is 324 g/mol. The Bertz CT molecular complexity index is 902. The van der Waals surface area contributed by atoms with E-state index in [0.29, 0.717) is 5.56 Å². The van der Waals surface area contributed by atoms with Crippen LogP contribution < -0.4 is 9.88 Å². The van der Waals surface area contributed by atoms with E-state index in [2.05, 4.69) is 5.32 Å². The van der Waals surface area contributed by atoms with Gasteiger partial charge in [0.25, 0.3) is 17.5 Å². The van der Waals surface area contributed by atoms with Gasteiger partial charge >= 0.3 is 0 Å². The molecule has 1 fully saturated rings. The van der Waals surface area contributed by atoms with Gasteiger partial charge in [-0.3, -0.25) is 30.9 Å². The van der Waals surface area contributed by atoms with Crippen molar-refractivity contribution in [3.63, 3.8) is 0 Å². The second-order valence-corrected chi connectivity index (χ2v) is 5.44. The van der Waals surface area contributed by atoms with E-state index in [1.807, 2.05) is 5.87 Å². The van der Waals surface area contributed by atoms with Crippen molar-refractivity contribution in [3.8, 4) is 0 Å². The first kappa shape index (κ1) is 16.2. The molecule has 3 rings (SSSR count). The van der Waals surface area contributed by atoms with Gasteiger partial charge in [-0.25, -0.2) is 0 Å². The molecule has 1 aromatic carbocycles. The molecule has 1 aliphatic heterocycles. The summed E-state index contributed by atoms with van der Waals surface area (Å²) in [6, 6.07) is 9.87. The number of nitro groups is 1. The summed E-state index contributed by atoms with van der Waals surface area (Å²) in [4.78, 5) is 34.8. The van der Waals surface area contributed by atoms with Crippen molar-refractivity contribution in [1.29, 1.82) is 0 Å². The van der Waals surface area contributed by atoms with Gasteiger partial charge in [0.05, 0.1) is 16.4 Å². The molecule has 124 valence electrons. The van der Waals surface area contributed by atoms with Gasteiger partial charge in [0.15, 0.2) is 12.4 Å². The molecule has 25 heavy (non-hydrogen) atoms. The number of amides is 2. The predicted octanol–water partition coefficient (Wildman–Crippen LogP) is 1.03. The third-order valence-electron chi connectivity index (χ3n) is 4.02. The van der Waals surface area contributed by atoms with E-state index < -0.39 is 28.7 Å². The van der Waals surface area contributed by atoms with Crippen LogP contribution in [0.3, 0.4) is 0 Å². The van der Waals surface area contributed by atoms with Gasteiger partial charge in [-0.05, 0) is 5.56 Å². The number of nitrogens with zero attached hydrogens (tertiary/aromatic N) is 3. The quantitative estimate of drug-likeness (QED) is 0.225. The lowest BCUT2D eigenvalue weighted by atomic mass is 9.81. The molecule has 0 bridgehead atoms. The van der Waals surface area contributed by atoms with Crippen molar-refractivity contribution >= 4 is 23.4 Å². The Labute approximate surface area is 142 Å². The number of hydrogen-bond acceptors (Lipinski definition) is 4. The topological polar surface area (TPSA) is 115 Å². The summed E-state index contributed by atoms with van der Waals surface area (Å²) in [7, 11) is 0. The SMILES string of the molecule is [N-]=C=C1C(=O)NC(=O)[C@@H]([n+]2ccccc2)[C@@H]1c1ccc([N+](=O)[O-])cc1. The van der Waals surface area contributed by atoms with E-state index in [1.54, 1.807) is 35.2 Å². The van der Waals surface area contributed by atoms with Crippen LogP contribution in [0.2, 0.25) is 0 Å². The number of nitrogens with one attached hydrogen (secondary N) is 1. The number of pyridine rings is 1. The van der Waals surface area contributed by atoms with Gasteiger partial charge in [0, 0.05) is 24.3 Å². The Hall–Kier alpha value is -3.64. The summed E-state index contributed by atoms with van der Waals surface area (Å²) in [5, 5.41) is 22.4. The zero-order valence-electron chi connectivity index (χ0n) is 12.8. The van der Waals surface area contributed by atoms with Crippen LogP contribution in [0, 0.1) is 10.1 Å². The Morgan fingerprint density at radius 3 is 2.32 bits per heavy atom. The van der Waals surface area contributed by atoms with Gasteiger partial charge in [-0.2, -0.15) is 4.57 Å². The van der Waals surface area contributed by atoms with Crippen LogP contribution in [0.4, 0.5) is 5.69 Å². The Kier molecular flexibility index (Phi) is 4.20. The average Bonchev–Trinajstić information content (AvgIpc) is 2.62. The fraction of sp³-hybridized carbons (Fsp3) is 0.118. The van der Waals surface area contributed by atoms with Crippen LogP contribution in [0.1, 0.15) is 17.5 Å². The summed E-state index contributed by atoms with van der Waals surface area (Å²) >= 11 is 0. The molecule has 8 heteroatoms. The molecule has 2 amide bonds. The van der Waals surface area contributed by atoms with Crippen molar-refractivity contribution in [3.05, 3.63) is 81.5 Å². The second kappa shape index (κ2) is 6.46. The Balaban J connectivity index is 2.14. The molecule has 2 heterocycles. The van der Waals surface area contributed by atoms with E-state index in [-0.39, 0.29) is 11.3 Å². The Morgan fingerprint density at radius 1 is 1.12 bits per heavy atom. The molecule has 8 nitrogen and oxygen atoms in total. The fourth-order valence-corrected chi connectivity index (χ4v) is 2.88. The zero-order valence-corrected chi connectivity index (χ0v) is 12.8. The first-order valence-corrected chi connectivity index (χ1v) is 7.35. The van der Waals surface area contributed by atoms with E-state index in [9.17, 15) is 25.1 Å². The van der Waals surface area contributed by atoms with Crippen LogP contribution in [0.25, 0.3) is 5.41 Å². The largest absolute Gasteiger partial charge is 0.763 e. The summed E-state index contributed by atoms with van der Waals surface area (Å²) in [5.74, 6) is -0.254. The molecule has 0 unspecified atom stereocenters. The highest BCUT2D eigenvalue weighted by molar-refractivity contribution is 6.14. The first-order chi connectivity index (χ1) is 12.0. The number of aromatic nitrogens is 1. The summed E-state index contributed by atoms with van der Waals surface area (Å²) < 4.78 is 1.60. The van der Waals surface area contributed by atoms with Gasteiger partial charge < -0.3 is 5.41 Å². The molecule has 1 aromatic heterocycles. The van der Waals surface area contributed by atoms with Gasteiger partial charge in [0.2, 0.25) is 6.04 Å². The van der Waals surface area contributed by atoms with Crippen LogP contribution in [0.15, 0.2) is 60.4 Å². The standard InChI is InChI=1S/C17H12N4O4/c18-10-13-14(11-4-6-12(7-5-11)21(24)25)15(17(23)19-16(13)22)20-8-2-1-3-9-20/h1-9,14-15H,(H,19,22,23)/t14-,15+/m1/s1. The Morgan fingerprint density at radius 2 is 1.76 bits per heavy atom.